The van der Waals surface area contributed by atoms with Crippen molar-refractivity contribution >= 4 is 81.2 Å². The summed E-state index contributed by atoms with van der Waals surface area (Å²) >= 11 is 24.1. The molecule has 10 heteroatoms. The van der Waals surface area contributed by atoms with Crippen LogP contribution < -0.4 is 15.5 Å². The minimum Gasteiger partial charge on any atom is -0.350 e. The topological polar surface area (TPSA) is 78.5 Å². The fourth-order valence-electron chi connectivity index (χ4n) is 3.13. The predicted molar refractivity (Wildman–Crippen MR) is 131 cm³/mol. The number of benzene rings is 3. The Kier molecular flexibility index (Phi) is 6.63. The highest BCUT2D eigenvalue weighted by atomic mass is 35.5. The van der Waals surface area contributed by atoms with Crippen LogP contribution in [0.5, 0.6) is 0 Å². The molecule has 4 rings (SSSR count). The van der Waals surface area contributed by atoms with Crippen molar-refractivity contribution in [3.05, 3.63) is 98.1 Å². The van der Waals surface area contributed by atoms with E-state index in [9.17, 15) is 14.4 Å². The molecule has 0 saturated carbocycles. The van der Waals surface area contributed by atoms with Gasteiger partial charge in [0.1, 0.15) is 10.7 Å². The lowest BCUT2D eigenvalue weighted by atomic mass is 10.1. The summed E-state index contributed by atoms with van der Waals surface area (Å²) in [5, 5.41) is 6.36. The van der Waals surface area contributed by atoms with E-state index in [1.807, 2.05) is 0 Å². The van der Waals surface area contributed by atoms with Crippen LogP contribution in [0.1, 0.15) is 10.4 Å². The van der Waals surface area contributed by atoms with Crippen LogP contribution in [0.4, 0.5) is 17.1 Å². The molecule has 0 unspecified atom stereocenters. The van der Waals surface area contributed by atoms with E-state index in [0.717, 1.165) is 4.90 Å². The van der Waals surface area contributed by atoms with Gasteiger partial charge in [0.15, 0.2) is 0 Å². The molecule has 3 aromatic carbocycles. The zero-order chi connectivity index (χ0) is 23.7. The first kappa shape index (κ1) is 23.1. The third-order valence-electron chi connectivity index (χ3n) is 4.67. The van der Waals surface area contributed by atoms with Gasteiger partial charge >= 0.3 is 0 Å². The first-order valence-electron chi connectivity index (χ1n) is 9.42. The number of nitrogens with zero attached hydrogens (tertiary/aromatic N) is 1. The number of rotatable bonds is 5. The molecular formula is C23H13Cl4N3O3. The van der Waals surface area contributed by atoms with E-state index < -0.39 is 17.7 Å². The van der Waals surface area contributed by atoms with Gasteiger partial charge in [0.05, 0.1) is 16.4 Å². The first-order valence-corrected chi connectivity index (χ1v) is 10.9. The van der Waals surface area contributed by atoms with Crippen LogP contribution in [0.3, 0.4) is 0 Å². The van der Waals surface area contributed by atoms with E-state index in [2.05, 4.69) is 10.6 Å². The van der Waals surface area contributed by atoms with Gasteiger partial charge in [0.2, 0.25) is 0 Å². The lowest BCUT2D eigenvalue weighted by Crippen LogP contribution is -2.32. The molecule has 0 fully saturated rings. The maximum Gasteiger partial charge on any atom is 0.283 e. The zero-order valence-electron chi connectivity index (χ0n) is 16.5. The SMILES string of the molecule is O=C(Nc1ccc(Cl)cc1Cl)c1cccc(NC2=C(Cl)C(=O)N(c3cccc(Cl)c3)C2=O)c1. The number of amides is 3. The second kappa shape index (κ2) is 9.45. The van der Waals surface area contributed by atoms with Gasteiger partial charge in [-0.15, -0.1) is 0 Å². The summed E-state index contributed by atoms with van der Waals surface area (Å²) in [5.41, 5.74) is 1.24. The molecule has 0 bridgehead atoms. The Balaban J connectivity index is 1.55. The Bertz CT molecular complexity index is 1340. The lowest BCUT2D eigenvalue weighted by Gasteiger charge is -2.15. The van der Waals surface area contributed by atoms with Crippen molar-refractivity contribution in [2.45, 2.75) is 0 Å². The second-order valence-corrected chi connectivity index (χ2v) is 8.56. The van der Waals surface area contributed by atoms with Gasteiger partial charge < -0.3 is 10.6 Å². The summed E-state index contributed by atoms with van der Waals surface area (Å²) in [6.07, 6.45) is 0. The van der Waals surface area contributed by atoms with Crippen LogP contribution in [-0.4, -0.2) is 17.7 Å². The van der Waals surface area contributed by atoms with E-state index in [-0.39, 0.29) is 16.3 Å². The van der Waals surface area contributed by atoms with Crippen LogP contribution in [-0.2, 0) is 9.59 Å². The normalized spacial score (nSPS) is 13.5. The predicted octanol–water partition coefficient (Wildman–Crippen LogP) is 6.33. The molecule has 33 heavy (non-hydrogen) atoms. The number of carbonyl (C=O) groups excluding carboxylic acids is 3. The molecule has 2 N–H and O–H groups in total. The zero-order valence-corrected chi connectivity index (χ0v) is 19.6. The molecule has 0 radical (unpaired) electrons. The molecule has 0 spiro atoms. The van der Waals surface area contributed by atoms with Gasteiger partial charge in [-0.1, -0.05) is 58.5 Å². The van der Waals surface area contributed by atoms with Crippen molar-refractivity contribution in [2.24, 2.45) is 0 Å². The van der Waals surface area contributed by atoms with Crippen LogP contribution in [0, 0.1) is 0 Å². The maximum absolute atomic E-state index is 12.9. The summed E-state index contributed by atoms with van der Waals surface area (Å²) in [6, 6.07) is 17.3. The number of hydrogen-bond donors (Lipinski definition) is 2. The fraction of sp³-hybridized carbons (Fsp3) is 0. The Morgan fingerprint density at radius 2 is 1.52 bits per heavy atom. The second-order valence-electron chi connectivity index (χ2n) is 6.90. The molecule has 0 saturated heterocycles. The molecule has 1 heterocycles. The number of nitrogens with one attached hydrogen (secondary N) is 2. The summed E-state index contributed by atoms with van der Waals surface area (Å²) in [7, 11) is 0. The van der Waals surface area contributed by atoms with Gasteiger partial charge in [-0.25, -0.2) is 4.90 Å². The van der Waals surface area contributed by atoms with Crippen molar-refractivity contribution < 1.29 is 14.4 Å². The van der Waals surface area contributed by atoms with E-state index in [0.29, 0.717) is 32.1 Å². The van der Waals surface area contributed by atoms with Crippen molar-refractivity contribution in [1.29, 1.82) is 0 Å². The van der Waals surface area contributed by atoms with Gasteiger partial charge in [-0.05, 0) is 54.6 Å². The molecule has 0 aliphatic carbocycles. The van der Waals surface area contributed by atoms with Crippen LogP contribution in [0.2, 0.25) is 15.1 Å². The standard InChI is InChI=1S/C23H13Cl4N3O3/c24-13-4-2-6-16(10-13)30-22(32)19(27)20(23(30)33)28-15-5-1-3-12(9-15)21(31)29-18-8-7-14(25)11-17(18)26/h1-11,28H,(H,29,31). The lowest BCUT2D eigenvalue weighted by molar-refractivity contribution is -0.120. The van der Waals surface area contributed by atoms with Crippen molar-refractivity contribution in [1.82, 2.24) is 0 Å². The third-order valence-corrected chi connectivity index (χ3v) is 5.80. The first-order chi connectivity index (χ1) is 15.7. The number of anilines is 3. The van der Waals surface area contributed by atoms with E-state index in [1.54, 1.807) is 48.5 Å². The Hall–Kier alpha value is -3.03. The highest BCUT2D eigenvalue weighted by molar-refractivity contribution is 6.53. The van der Waals surface area contributed by atoms with Gasteiger partial charge in [-0.3, -0.25) is 14.4 Å². The number of carbonyl (C=O) groups is 3. The number of halogens is 4. The molecule has 3 amide bonds. The number of imide groups is 1. The molecular weight excluding hydrogens is 508 g/mol. The summed E-state index contributed by atoms with van der Waals surface area (Å²) in [4.78, 5) is 39.1. The molecule has 1 aliphatic rings. The Morgan fingerprint density at radius 3 is 2.24 bits per heavy atom. The molecule has 6 nitrogen and oxygen atoms in total. The average Bonchev–Trinajstić information content (AvgIpc) is 2.99. The highest BCUT2D eigenvalue weighted by Crippen LogP contribution is 2.31. The summed E-state index contributed by atoms with van der Waals surface area (Å²) < 4.78 is 0. The summed E-state index contributed by atoms with van der Waals surface area (Å²) in [5.74, 6) is -1.76. The van der Waals surface area contributed by atoms with E-state index >= 15 is 0 Å². The molecule has 1 aliphatic heterocycles. The number of hydrogen-bond acceptors (Lipinski definition) is 4. The van der Waals surface area contributed by atoms with Gasteiger partial charge in [0, 0.05) is 21.3 Å². The minimum atomic E-state index is -0.683. The molecule has 0 aromatic heterocycles. The summed E-state index contributed by atoms with van der Waals surface area (Å²) in [6.45, 7) is 0. The quantitative estimate of drug-likeness (QED) is 0.385. The third kappa shape index (κ3) is 4.84. The minimum absolute atomic E-state index is 0.111. The monoisotopic (exact) mass is 519 g/mol. The Morgan fingerprint density at radius 1 is 0.788 bits per heavy atom. The fourth-order valence-corrected chi connectivity index (χ4v) is 3.98. The smallest absolute Gasteiger partial charge is 0.283 e. The van der Waals surface area contributed by atoms with Crippen molar-refractivity contribution in [2.75, 3.05) is 15.5 Å². The maximum atomic E-state index is 12.9. The van der Waals surface area contributed by atoms with Crippen molar-refractivity contribution in [3.63, 3.8) is 0 Å². The largest absolute Gasteiger partial charge is 0.350 e. The Labute approximate surface area is 208 Å². The molecule has 3 aromatic rings. The molecule has 0 atom stereocenters. The highest BCUT2D eigenvalue weighted by Gasteiger charge is 2.39. The van der Waals surface area contributed by atoms with E-state index in [1.165, 1.54) is 18.2 Å². The van der Waals surface area contributed by atoms with E-state index in [4.69, 9.17) is 46.4 Å². The average molecular weight is 521 g/mol. The molecule has 166 valence electrons. The van der Waals surface area contributed by atoms with Crippen LogP contribution >= 0.6 is 46.4 Å². The van der Waals surface area contributed by atoms with Crippen molar-refractivity contribution in [3.8, 4) is 0 Å². The van der Waals surface area contributed by atoms with Crippen LogP contribution in [0.25, 0.3) is 0 Å². The van der Waals surface area contributed by atoms with Gasteiger partial charge in [-0.2, -0.15) is 0 Å². The van der Waals surface area contributed by atoms with Crippen LogP contribution in [0.15, 0.2) is 77.5 Å². The van der Waals surface area contributed by atoms with Gasteiger partial charge in [0.25, 0.3) is 17.7 Å².